The van der Waals surface area contributed by atoms with Gasteiger partial charge in [0.15, 0.2) is 5.13 Å². The normalized spacial score (nSPS) is 16.5. The molecule has 2 rings (SSSR count). The van der Waals surface area contributed by atoms with E-state index in [4.69, 9.17) is 5.26 Å². The van der Waals surface area contributed by atoms with Gasteiger partial charge in [-0.2, -0.15) is 5.26 Å². The molecule has 1 aromatic heterocycles. The lowest BCUT2D eigenvalue weighted by molar-refractivity contribution is 0.674. The fourth-order valence-corrected chi connectivity index (χ4v) is 2.42. The molecule has 1 fully saturated rings. The Labute approximate surface area is 106 Å². The van der Waals surface area contributed by atoms with Gasteiger partial charge < -0.3 is 10.2 Å². The van der Waals surface area contributed by atoms with Crippen LogP contribution in [0, 0.1) is 17.2 Å². The third-order valence-electron chi connectivity index (χ3n) is 2.78. The number of anilines is 1. The Bertz CT molecular complexity index is 405. The van der Waals surface area contributed by atoms with Gasteiger partial charge in [0.05, 0.1) is 17.7 Å². The second-order valence-electron chi connectivity index (χ2n) is 4.69. The number of nitrogens with zero attached hydrogens (tertiary/aromatic N) is 3. The van der Waals surface area contributed by atoms with Crippen LogP contribution in [0.15, 0.2) is 5.38 Å². The summed E-state index contributed by atoms with van der Waals surface area (Å²) in [5.41, 5.74) is 1.10. The van der Waals surface area contributed by atoms with Gasteiger partial charge in [-0.1, -0.05) is 0 Å². The molecule has 1 aliphatic rings. The van der Waals surface area contributed by atoms with Crippen molar-refractivity contribution in [3.63, 3.8) is 0 Å². The molecule has 1 atom stereocenters. The zero-order chi connectivity index (χ0) is 12.3. The molecule has 1 unspecified atom stereocenters. The van der Waals surface area contributed by atoms with Crippen LogP contribution in [0.5, 0.6) is 0 Å². The van der Waals surface area contributed by atoms with Gasteiger partial charge in [-0.15, -0.1) is 11.3 Å². The van der Waals surface area contributed by atoms with Gasteiger partial charge >= 0.3 is 0 Å². The second kappa shape index (κ2) is 5.48. The largest absolute Gasteiger partial charge is 0.350 e. The number of thiazole rings is 1. The van der Waals surface area contributed by atoms with Crippen molar-refractivity contribution in [1.29, 1.82) is 5.26 Å². The van der Waals surface area contributed by atoms with E-state index in [0.29, 0.717) is 0 Å². The van der Waals surface area contributed by atoms with Crippen LogP contribution in [0.1, 0.15) is 25.5 Å². The SMILES string of the molecule is CC(C#N)CN(C)c1nc(CNC2CC2)cs1. The molecule has 4 nitrogen and oxygen atoms in total. The van der Waals surface area contributed by atoms with Crippen LogP contribution in [0.2, 0.25) is 0 Å². The lowest BCUT2D eigenvalue weighted by Crippen LogP contribution is -2.23. The van der Waals surface area contributed by atoms with Crippen LogP contribution in [0.4, 0.5) is 5.13 Å². The van der Waals surface area contributed by atoms with Crippen molar-refractivity contribution in [2.45, 2.75) is 32.4 Å². The fraction of sp³-hybridized carbons (Fsp3) is 0.667. The van der Waals surface area contributed by atoms with Gasteiger partial charge in [0, 0.05) is 31.6 Å². The molecule has 1 N–H and O–H groups in total. The summed E-state index contributed by atoms with van der Waals surface area (Å²) in [5.74, 6) is 0.0388. The van der Waals surface area contributed by atoms with Crippen molar-refractivity contribution in [2.75, 3.05) is 18.5 Å². The van der Waals surface area contributed by atoms with Crippen molar-refractivity contribution in [3.05, 3.63) is 11.1 Å². The summed E-state index contributed by atoms with van der Waals surface area (Å²) in [6.07, 6.45) is 2.60. The molecule has 5 heteroatoms. The Balaban J connectivity index is 1.85. The van der Waals surface area contributed by atoms with Gasteiger partial charge in [0.1, 0.15) is 0 Å². The number of hydrogen-bond acceptors (Lipinski definition) is 5. The van der Waals surface area contributed by atoms with Gasteiger partial charge in [0.25, 0.3) is 0 Å². The first-order valence-electron chi connectivity index (χ1n) is 5.97. The van der Waals surface area contributed by atoms with Gasteiger partial charge in [-0.05, 0) is 19.8 Å². The highest BCUT2D eigenvalue weighted by Crippen LogP contribution is 2.22. The molecule has 0 bridgehead atoms. The van der Waals surface area contributed by atoms with Gasteiger partial charge in [-0.25, -0.2) is 4.98 Å². The minimum Gasteiger partial charge on any atom is -0.350 e. The van der Waals surface area contributed by atoms with E-state index in [9.17, 15) is 0 Å². The highest BCUT2D eigenvalue weighted by atomic mass is 32.1. The van der Waals surface area contributed by atoms with E-state index in [1.54, 1.807) is 11.3 Å². The maximum Gasteiger partial charge on any atom is 0.185 e. The van der Waals surface area contributed by atoms with E-state index in [0.717, 1.165) is 30.0 Å². The average molecular weight is 250 g/mol. The standard InChI is InChI=1S/C12H18N4S/c1-9(5-13)7-16(2)12-15-11(8-17-12)6-14-10-3-4-10/h8-10,14H,3-4,6-7H2,1-2H3. The fourth-order valence-electron chi connectivity index (χ4n) is 1.62. The van der Waals surface area contributed by atoms with Crippen molar-refractivity contribution < 1.29 is 0 Å². The Morgan fingerprint density at radius 1 is 1.71 bits per heavy atom. The van der Waals surface area contributed by atoms with E-state index >= 15 is 0 Å². The maximum atomic E-state index is 8.78. The minimum absolute atomic E-state index is 0.0388. The lowest BCUT2D eigenvalue weighted by Gasteiger charge is -2.16. The Morgan fingerprint density at radius 2 is 2.47 bits per heavy atom. The smallest absolute Gasteiger partial charge is 0.185 e. The molecule has 0 radical (unpaired) electrons. The molecule has 0 aliphatic heterocycles. The van der Waals surface area contributed by atoms with E-state index in [1.807, 2.05) is 14.0 Å². The first-order valence-corrected chi connectivity index (χ1v) is 6.85. The molecule has 0 saturated heterocycles. The number of nitriles is 1. The molecule has 1 saturated carbocycles. The molecular formula is C12H18N4S. The number of hydrogen-bond donors (Lipinski definition) is 1. The molecule has 92 valence electrons. The predicted molar refractivity (Wildman–Crippen MR) is 70.0 cm³/mol. The number of nitrogens with one attached hydrogen (secondary N) is 1. The van der Waals surface area contributed by atoms with Crippen molar-refractivity contribution >= 4 is 16.5 Å². The monoisotopic (exact) mass is 250 g/mol. The summed E-state index contributed by atoms with van der Waals surface area (Å²) in [4.78, 5) is 6.62. The average Bonchev–Trinajstić information content (AvgIpc) is 3.03. The summed E-state index contributed by atoms with van der Waals surface area (Å²) in [5, 5.41) is 15.3. The van der Waals surface area contributed by atoms with E-state index in [-0.39, 0.29) is 5.92 Å². The highest BCUT2D eigenvalue weighted by molar-refractivity contribution is 7.13. The third kappa shape index (κ3) is 3.69. The van der Waals surface area contributed by atoms with E-state index in [2.05, 4.69) is 26.6 Å². The Hall–Kier alpha value is -1.12. The first-order chi connectivity index (χ1) is 8.19. The van der Waals surface area contributed by atoms with Crippen LogP contribution >= 0.6 is 11.3 Å². The van der Waals surface area contributed by atoms with Gasteiger partial charge in [0.2, 0.25) is 0 Å². The topological polar surface area (TPSA) is 52.0 Å². The summed E-state index contributed by atoms with van der Waals surface area (Å²) in [7, 11) is 1.99. The quantitative estimate of drug-likeness (QED) is 0.839. The van der Waals surface area contributed by atoms with E-state index < -0.39 is 0 Å². The van der Waals surface area contributed by atoms with Crippen molar-refractivity contribution in [2.24, 2.45) is 5.92 Å². The van der Waals surface area contributed by atoms with Crippen LogP contribution < -0.4 is 10.2 Å². The van der Waals surface area contributed by atoms with Gasteiger partial charge in [-0.3, -0.25) is 0 Å². The second-order valence-corrected chi connectivity index (χ2v) is 5.52. The summed E-state index contributed by atoms with van der Waals surface area (Å²) in [6, 6.07) is 2.96. The van der Waals surface area contributed by atoms with Crippen LogP contribution in [0.25, 0.3) is 0 Å². The highest BCUT2D eigenvalue weighted by Gasteiger charge is 2.20. The zero-order valence-corrected chi connectivity index (χ0v) is 11.1. The van der Waals surface area contributed by atoms with Crippen LogP contribution in [0.3, 0.4) is 0 Å². The molecule has 1 heterocycles. The molecule has 0 amide bonds. The molecule has 0 aromatic carbocycles. The van der Waals surface area contributed by atoms with Crippen LogP contribution in [-0.2, 0) is 6.54 Å². The summed E-state index contributed by atoms with van der Waals surface area (Å²) < 4.78 is 0. The van der Waals surface area contributed by atoms with Crippen molar-refractivity contribution in [1.82, 2.24) is 10.3 Å². The summed E-state index contributed by atoms with van der Waals surface area (Å²) in [6.45, 7) is 3.53. The van der Waals surface area contributed by atoms with Crippen LogP contribution in [-0.4, -0.2) is 24.6 Å². The molecular weight excluding hydrogens is 232 g/mol. The number of aromatic nitrogens is 1. The molecule has 1 aromatic rings. The Kier molecular flexibility index (Phi) is 3.97. The number of rotatable bonds is 6. The zero-order valence-electron chi connectivity index (χ0n) is 10.3. The Morgan fingerprint density at radius 3 is 3.12 bits per heavy atom. The molecule has 1 aliphatic carbocycles. The minimum atomic E-state index is 0.0388. The predicted octanol–water partition coefficient (Wildman–Crippen LogP) is 1.99. The molecule has 0 spiro atoms. The molecule has 17 heavy (non-hydrogen) atoms. The summed E-state index contributed by atoms with van der Waals surface area (Å²) >= 11 is 1.65. The third-order valence-corrected chi connectivity index (χ3v) is 3.79. The van der Waals surface area contributed by atoms with E-state index in [1.165, 1.54) is 12.8 Å². The van der Waals surface area contributed by atoms with Crippen molar-refractivity contribution in [3.8, 4) is 6.07 Å². The first kappa shape index (κ1) is 12.3. The lowest BCUT2D eigenvalue weighted by atomic mass is 10.2. The maximum absolute atomic E-state index is 8.78.